The number of hydrogen-bond donors (Lipinski definition) is 1. The Balaban J connectivity index is 2.85. The smallest absolute Gasteiger partial charge is 0.272 e. The van der Waals surface area contributed by atoms with Gasteiger partial charge in [0.15, 0.2) is 6.61 Å². The summed E-state index contributed by atoms with van der Waals surface area (Å²) in [4.78, 5) is 3.97. The molecule has 3 nitrogen and oxygen atoms in total. The van der Waals surface area contributed by atoms with Crippen LogP contribution in [-0.4, -0.2) is 18.0 Å². The monoisotopic (exact) mass is 202 g/mol. The van der Waals surface area contributed by atoms with Gasteiger partial charge in [-0.1, -0.05) is 0 Å². The molecule has 0 aliphatic carbocycles. The zero-order valence-electron chi connectivity index (χ0n) is 8.05. The molecular weight excluding hydrogens is 190 g/mol. The minimum absolute atomic E-state index is 0.183. The third kappa shape index (κ3) is 2.55. The second kappa shape index (κ2) is 4.21. The van der Waals surface area contributed by atoms with Crippen molar-refractivity contribution in [1.82, 2.24) is 4.98 Å². The molecule has 0 fully saturated rings. The largest absolute Gasteiger partial charge is 0.471 e. The number of nitrogens with zero attached hydrogens (tertiary/aromatic N) is 1. The molecule has 0 aliphatic rings. The van der Waals surface area contributed by atoms with Crippen LogP contribution in [0.15, 0.2) is 6.07 Å². The fourth-order valence-corrected chi connectivity index (χ4v) is 1.02. The third-order valence-corrected chi connectivity index (χ3v) is 1.74. The first kappa shape index (κ1) is 10.7. The topological polar surface area (TPSA) is 48.1 Å². The zero-order chi connectivity index (χ0) is 10.7. The average molecular weight is 202 g/mol. The molecule has 5 heteroatoms. The van der Waals surface area contributed by atoms with Crippen LogP contribution in [0.2, 0.25) is 0 Å². The Morgan fingerprint density at radius 2 is 2.14 bits per heavy atom. The highest BCUT2D eigenvalue weighted by Crippen LogP contribution is 2.22. The number of alkyl halides is 2. The third-order valence-electron chi connectivity index (χ3n) is 1.74. The first-order valence-corrected chi connectivity index (χ1v) is 4.15. The molecule has 1 aromatic heterocycles. The summed E-state index contributed by atoms with van der Waals surface area (Å²) in [5.41, 5.74) is 7.37. The van der Waals surface area contributed by atoms with Crippen LogP contribution in [0.5, 0.6) is 5.88 Å². The standard InChI is InChI=1S/C9H12F2N2O/c1-5-3-7(12)6(2)9(13-5)14-4-8(10)11/h3,8H,4H2,1-2H3,(H2,12,13). The van der Waals surface area contributed by atoms with E-state index in [-0.39, 0.29) is 5.88 Å². The molecule has 78 valence electrons. The van der Waals surface area contributed by atoms with Crippen molar-refractivity contribution in [3.8, 4) is 5.88 Å². The molecule has 0 aliphatic heterocycles. The van der Waals surface area contributed by atoms with Gasteiger partial charge in [-0.25, -0.2) is 13.8 Å². The van der Waals surface area contributed by atoms with Gasteiger partial charge in [0, 0.05) is 16.9 Å². The van der Waals surface area contributed by atoms with Crippen LogP contribution < -0.4 is 10.5 Å². The first-order chi connectivity index (χ1) is 6.50. The predicted molar refractivity (Wildman–Crippen MR) is 49.6 cm³/mol. The maximum Gasteiger partial charge on any atom is 0.272 e. The van der Waals surface area contributed by atoms with E-state index in [0.717, 1.165) is 0 Å². The van der Waals surface area contributed by atoms with E-state index in [4.69, 9.17) is 10.5 Å². The Kier molecular flexibility index (Phi) is 3.22. The lowest BCUT2D eigenvalue weighted by Gasteiger charge is -2.10. The number of pyridine rings is 1. The predicted octanol–water partition coefficient (Wildman–Crippen LogP) is 1.92. The van der Waals surface area contributed by atoms with Crippen molar-refractivity contribution in [2.75, 3.05) is 12.3 Å². The van der Waals surface area contributed by atoms with Crippen LogP contribution in [0, 0.1) is 13.8 Å². The van der Waals surface area contributed by atoms with Gasteiger partial charge in [-0.05, 0) is 19.9 Å². The van der Waals surface area contributed by atoms with Crippen molar-refractivity contribution in [3.05, 3.63) is 17.3 Å². The van der Waals surface area contributed by atoms with Gasteiger partial charge < -0.3 is 10.5 Å². The molecule has 0 aromatic carbocycles. The second-order valence-electron chi connectivity index (χ2n) is 2.99. The van der Waals surface area contributed by atoms with Crippen molar-refractivity contribution in [2.45, 2.75) is 20.3 Å². The Bertz CT molecular complexity index is 329. The van der Waals surface area contributed by atoms with Gasteiger partial charge in [-0.3, -0.25) is 0 Å². The lowest BCUT2D eigenvalue weighted by molar-refractivity contribution is 0.0792. The molecule has 1 heterocycles. The normalized spacial score (nSPS) is 10.6. The lowest BCUT2D eigenvalue weighted by Crippen LogP contribution is -2.10. The summed E-state index contributed by atoms with van der Waals surface area (Å²) < 4.78 is 28.6. The molecule has 0 bridgehead atoms. The maximum atomic E-state index is 11.9. The number of rotatable bonds is 3. The SMILES string of the molecule is Cc1cc(N)c(C)c(OCC(F)F)n1. The van der Waals surface area contributed by atoms with E-state index < -0.39 is 13.0 Å². The number of aromatic nitrogens is 1. The van der Waals surface area contributed by atoms with Crippen molar-refractivity contribution < 1.29 is 13.5 Å². The molecule has 1 aromatic rings. The van der Waals surface area contributed by atoms with Gasteiger partial charge in [0.1, 0.15) is 0 Å². The summed E-state index contributed by atoms with van der Waals surface area (Å²) in [7, 11) is 0. The molecule has 0 radical (unpaired) electrons. The van der Waals surface area contributed by atoms with Crippen LogP contribution in [-0.2, 0) is 0 Å². The van der Waals surface area contributed by atoms with Crippen LogP contribution in [0.1, 0.15) is 11.3 Å². The number of halogens is 2. The van der Waals surface area contributed by atoms with Gasteiger partial charge in [0.25, 0.3) is 6.43 Å². The minimum atomic E-state index is -2.50. The van der Waals surface area contributed by atoms with Gasteiger partial charge in [0.2, 0.25) is 5.88 Å². The fraction of sp³-hybridized carbons (Fsp3) is 0.444. The van der Waals surface area contributed by atoms with Crippen LogP contribution in [0.25, 0.3) is 0 Å². The van der Waals surface area contributed by atoms with Crippen LogP contribution >= 0.6 is 0 Å². The highest BCUT2D eigenvalue weighted by molar-refractivity contribution is 5.51. The molecule has 0 saturated carbocycles. The van der Waals surface area contributed by atoms with E-state index in [9.17, 15) is 8.78 Å². The summed E-state index contributed by atoms with van der Waals surface area (Å²) in [5, 5.41) is 0. The molecule has 0 amide bonds. The highest BCUT2D eigenvalue weighted by Gasteiger charge is 2.09. The number of hydrogen-bond acceptors (Lipinski definition) is 3. The Hall–Kier alpha value is -1.39. The number of nitrogen functional groups attached to an aromatic ring is 1. The van der Waals surface area contributed by atoms with Gasteiger partial charge in [0.05, 0.1) is 0 Å². The summed E-state index contributed by atoms with van der Waals surface area (Å²) in [5.74, 6) is 0.183. The molecular formula is C9H12F2N2O. The number of aryl methyl sites for hydroxylation is 1. The summed E-state index contributed by atoms with van der Waals surface area (Å²) in [6, 6.07) is 1.67. The van der Waals surface area contributed by atoms with Crippen molar-refractivity contribution >= 4 is 5.69 Å². The average Bonchev–Trinajstić information content (AvgIpc) is 2.08. The van der Waals surface area contributed by atoms with E-state index in [0.29, 0.717) is 16.9 Å². The summed E-state index contributed by atoms with van der Waals surface area (Å²) >= 11 is 0. The van der Waals surface area contributed by atoms with Crippen LogP contribution in [0.4, 0.5) is 14.5 Å². The molecule has 2 N–H and O–H groups in total. The van der Waals surface area contributed by atoms with Crippen molar-refractivity contribution in [3.63, 3.8) is 0 Å². The second-order valence-corrected chi connectivity index (χ2v) is 2.99. The van der Waals surface area contributed by atoms with Gasteiger partial charge >= 0.3 is 0 Å². The van der Waals surface area contributed by atoms with Crippen molar-refractivity contribution in [2.24, 2.45) is 0 Å². The quantitative estimate of drug-likeness (QED) is 0.814. The van der Waals surface area contributed by atoms with E-state index in [1.54, 1.807) is 19.9 Å². The van der Waals surface area contributed by atoms with E-state index in [1.165, 1.54) is 0 Å². The number of nitrogens with two attached hydrogens (primary N) is 1. The van der Waals surface area contributed by atoms with Crippen molar-refractivity contribution in [1.29, 1.82) is 0 Å². The molecule has 1 rings (SSSR count). The van der Waals surface area contributed by atoms with E-state index in [1.807, 2.05) is 0 Å². The minimum Gasteiger partial charge on any atom is -0.471 e. The zero-order valence-corrected chi connectivity index (χ0v) is 8.05. The highest BCUT2D eigenvalue weighted by atomic mass is 19.3. The van der Waals surface area contributed by atoms with Crippen LogP contribution in [0.3, 0.4) is 0 Å². The first-order valence-electron chi connectivity index (χ1n) is 4.15. The Morgan fingerprint density at radius 1 is 1.50 bits per heavy atom. The number of anilines is 1. The van der Waals surface area contributed by atoms with E-state index >= 15 is 0 Å². The molecule has 0 unspecified atom stereocenters. The fourth-order valence-electron chi connectivity index (χ4n) is 1.02. The number of ether oxygens (including phenoxy) is 1. The van der Waals surface area contributed by atoms with E-state index in [2.05, 4.69) is 4.98 Å². The molecule has 0 saturated heterocycles. The summed E-state index contributed by atoms with van der Waals surface area (Å²) in [6.07, 6.45) is -2.50. The lowest BCUT2D eigenvalue weighted by atomic mass is 10.2. The Labute approximate surface area is 80.9 Å². The Morgan fingerprint density at radius 3 is 2.71 bits per heavy atom. The van der Waals surface area contributed by atoms with Gasteiger partial charge in [-0.2, -0.15) is 0 Å². The molecule has 0 atom stereocenters. The molecule has 14 heavy (non-hydrogen) atoms. The van der Waals surface area contributed by atoms with Gasteiger partial charge in [-0.15, -0.1) is 0 Å². The molecule has 0 spiro atoms. The summed E-state index contributed by atoms with van der Waals surface area (Å²) in [6.45, 7) is 2.75. The maximum absolute atomic E-state index is 11.9.